The minimum atomic E-state index is -4.05. The van der Waals surface area contributed by atoms with Crippen molar-refractivity contribution in [3.05, 3.63) is 60.2 Å². The standard InChI is InChI=1S/C33H50N2O8S/c1-31(2,3)43-30(37)34-28(22-25-12-9-8-10-13-25)29(36)23-35(44(38,39)27-16-14-26(40-7)15-17-27)24-32(4,5)18-11-19-33(6)41-20-21-42-33/h8-10,12-17,28-29,36H,11,18-24H2,1-7H3,(H,34,37). The fourth-order valence-corrected chi connectivity index (χ4v) is 6.88. The molecule has 11 heteroatoms. The van der Waals surface area contributed by atoms with Crippen LogP contribution in [0.25, 0.3) is 0 Å². The quantitative estimate of drug-likeness (QED) is 0.276. The number of aliphatic hydroxyl groups excluding tert-OH is 1. The number of rotatable bonds is 15. The number of methoxy groups -OCH3 is 1. The van der Waals surface area contributed by atoms with Crippen molar-refractivity contribution in [2.24, 2.45) is 5.41 Å². The first-order valence-corrected chi connectivity index (χ1v) is 16.6. The van der Waals surface area contributed by atoms with Gasteiger partial charge in [0.1, 0.15) is 11.4 Å². The number of ether oxygens (including phenoxy) is 4. The van der Waals surface area contributed by atoms with Gasteiger partial charge in [-0.05, 0) is 82.2 Å². The molecule has 10 nitrogen and oxygen atoms in total. The Labute approximate surface area is 263 Å². The number of carbonyl (C=O) groups is 1. The SMILES string of the molecule is COc1ccc(S(=O)(=O)N(CC(O)C(Cc2ccccc2)NC(=O)OC(C)(C)C)CC(C)(C)CCCC2(C)OCCO2)cc1. The molecule has 44 heavy (non-hydrogen) atoms. The van der Waals surface area contributed by atoms with E-state index in [9.17, 15) is 18.3 Å². The maximum atomic E-state index is 14.1. The second kappa shape index (κ2) is 15.1. The van der Waals surface area contributed by atoms with E-state index in [0.29, 0.717) is 31.8 Å². The molecule has 2 atom stereocenters. The van der Waals surface area contributed by atoms with E-state index in [4.69, 9.17) is 18.9 Å². The van der Waals surface area contributed by atoms with Crippen LogP contribution in [-0.4, -0.2) is 80.9 Å². The molecule has 1 amide bonds. The lowest BCUT2D eigenvalue weighted by molar-refractivity contribution is -0.148. The Balaban J connectivity index is 1.87. The van der Waals surface area contributed by atoms with Crippen LogP contribution >= 0.6 is 0 Å². The van der Waals surface area contributed by atoms with E-state index in [2.05, 4.69) is 5.32 Å². The fourth-order valence-electron chi connectivity index (χ4n) is 5.24. The molecule has 0 aromatic heterocycles. The van der Waals surface area contributed by atoms with Crippen molar-refractivity contribution >= 4 is 16.1 Å². The zero-order chi connectivity index (χ0) is 32.6. The van der Waals surface area contributed by atoms with Crippen LogP contribution in [0.2, 0.25) is 0 Å². The summed E-state index contributed by atoms with van der Waals surface area (Å²) in [6, 6.07) is 14.8. The molecule has 0 bridgehead atoms. The van der Waals surface area contributed by atoms with Gasteiger partial charge < -0.3 is 29.4 Å². The maximum absolute atomic E-state index is 14.1. The zero-order valence-electron chi connectivity index (χ0n) is 27.2. The van der Waals surface area contributed by atoms with Crippen LogP contribution in [0.5, 0.6) is 5.75 Å². The van der Waals surface area contributed by atoms with Crippen molar-refractivity contribution in [1.29, 1.82) is 0 Å². The van der Waals surface area contributed by atoms with Gasteiger partial charge in [-0.15, -0.1) is 0 Å². The normalized spacial score (nSPS) is 16.8. The van der Waals surface area contributed by atoms with Gasteiger partial charge in [0.15, 0.2) is 5.79 Å². The highest BCUT2D eigenvalue weighted by Crippen LogP contribution is 2.32. The molecule has 2 aromatic rings. The molecule has 246 valence electrons. The molecule has 1 aliphatic heterocycles. The summed E-state index contributed by atoms with van der Waals surface area (Å²) >= 11 is 0. The zero-order valence-corrected chi connectivity index (χ0v) is 28.0. The maximum Gasteiger partial charge on any atom is 0.407 e. The molecule has 2 aromatic carbocycles. The second-order valence-corrected chi connectivity index (χ2v) is 15.3. The predicted molar refractivity (Wildman–Crippen MR) is 169 cm³/mol. The van der Waals surface area contributed by atoms with E-state index in [0.717, 1.165) is 12.0 Å². The molecule has 0 radical (unpaired) electrons. The number of benzene rings is 2. The van der Waals surface area contributed by atoms with Gasteiger partial charge in [0.05, 0.1) is 37.4 Å². The molecule has 0 aliphatic carbocycles. The third-order valence-electron chi connectivity index (χ3n) is 7.54. The van der Waals surface area contributed by atoms with Gasteiger partial charge >= 0.3 is 6.09 Å². The Morgan fingerprint density at radius 1 is 1.05 bits per heavy atom. The summed E-state index contributed by atoms with van der Waals surface area (Å²) in [5, 5.41) is 14.4. The number of hydrogen-bond acceptors (Lipinski definition) is 8. The summed E-state index contributed by atoms with van der Waals surface area (Å²) in [5.74, 6) is -0.0933. The molecular formula is C33H50N2O8S. The van der Waals surface area contributed by atoms with E-state index in [-0.39, 0.29) is 24.4 Å². The van der Waals surface area contributed by atoms with Crippen molar-refractivity contribution in [3.63, 3.8) is 0 Å². The third-order valence-corrected chi connectivity index (χ3v) is 9.37. The molecule has 3 rings (SSSR count). The molecule has 2 unspecified atom stereocenters. The van der Waals surface area contributed by atoms with Crippen molar-refractivity contribution in [1.82, 2.24) is 9.62 Å². The van der Waals surface area contributed by atoms with Crippen LogP contribution in [0.15, 0.2) is 59.5 Å². The van der Waals surface area contributed by atoms with Gasteiger partial charge in [-0.25, -0.2) is 13.2 Å². The number of alkyl carbamates (subject to hydrolysis) is 1. The van der Waals surface area contributed by atoms with Gasteiger partial charge in [0, 0.05) is 19.5 Å². The van der Waals surface area contributed by atoms with Crippen molar-refractivity contribution in [3.8, 4) is 5.75 Å². The van der Waals surface area contributed by atoms with Crippen LogP contribution < -0.4 is 10.1 Å². The minimum absolute atomic E-state index is 0.0845. The highest BCUT2D eigenvalue weighted by atomic mass is 32.2. The smallest absolute Gasteiger partial charge is 0.407 e. The first-order valence-electron chi connectivity index (χ1n) is 15.2. The number of nitrogens with one attached hydrogen (secondary N) is 1. The van der Waals surface area contributed by atoms with Gasteiger partial charge in [-0.2, -0.15) is 4.31 Å². The number of amides is 1. The monoisotopic (exact) mass is 634 g/mol. The summed E-state index contributed by atoms with van der Waals surface area (Å²) in [7, 11) is -2.53. The van der Waals surface area contributed by atoms with E-state index < -0.39 is 45.1 Å². The Bertz CT molecular complexity index is 1290. The largest absolute Gasteiger partial charge is 0.497 e. The molecule has 1 saturated heterocycles. The molecule has 1 fully saturated rings. The van der Waals surface area contributed by atoms with Crippen LogP contribution in [0.3, 0.4) is 0 Å². The molecule has 1 aliphatic rings. The van der Waals surface area contributed by atoms with Crippen LogP contribution in [-0.2, 0) is 30.7 Å². The predicted octanol–water partition coefficient (Wildman–Crippen LogP) is 5.14. The lowest BCUT2D eigenvalue weighted by Crippen LogP contribution is -2.52. The average molecular weight is 635 g/mol. The molecule has 2 N–H and O–H groups in total. The first kappa shape index (κ1) is 35.8. The number of nitrogens with zero attached hydrogens (tertiary/aromatic N) is 1. The van der Waals surface area contributed by atoms with Crippen LogP contribution in [0, 0.1) is 5.41 Å². The molecular weight excluding hydrogens is 584 g/mol. The Morgan fingerprint density at radius 2 is 1.66 bits per heavy atom. The van der Waals surface area contributed by atoms with Gasteiger partial charge in [0.2, 0.25) is 10.0 Å². The summed E-state index contributed by atoms with van der Waals surface area (Å²) in [6.07, 6.45) is 0.490. The summed E-state index contributed by atoms with van der Waals surface area (Å²) in [6.45, 7) is 12.2. The van der Waals surface area contributed by atoms with E-state index in [1.54, 1.807) is 32.9 Å². The van der Waals surface area contributed by atoms with Crippen LogP contribution in [0.1, 0.15) is 66.4 Å². The Kier molecular flexibility index (Phi) is 12.2. The molecule has 0 spiro atoms. The highest BCUT2D eigenvalue weighted by molar-refractivity contribution is 7.89. The number of hydrogen-bond donors (Lipinski definition) is 2. The Morgan fingerprint density at radius 3 is 2.23 bits per heavy atom. The number of sulfonamides is 1. The number of carbonyl (C=O) groups excluding carboxylic acids is 1. The lowest BCUT2D eigenvalue weighted by Gasteiger charge is -2.35. The Hall–Kier alpha value is -2.70. The first-order chi connectivity index (χ1) is 20.5. The van der Waals surface area contributed by atoms with E-state index in [1.807, 2.05) is 51.1 Å². The summed E-state index contributed by atoms with van der Waals surface area (Å²) in [4.78, 5) is 12.9. The third kappa shape index (κ3) is 11.0. The molecule has 0 saturated carbocycles. The average Bonchev–Trinajstić information content (AvgIpc) is 3.37. The minimum Gasteiger partial charge on any atom is -0.497 e. The van der Waals surface area contributed by atoms with Crippen molar-refractivity contribution < 1.29 is 37.3 Å². The van der Waals surface area contributed by atoms with Gasteiger partial charge in [0.25, 0.3) is 0 Å². The number of aliphatic hydroxyl groups is 1. The van der Waals surface area contributed by atoms with Crippen molar-refractivity contribution in [2.75, 3.05) is 33.4 Å². The second-order valence-electron chi connectivity index (χ2n) is 13.3. The van der Waals surface area contributed by atoms with Crippen molar-refractivity contribution in [2.45, 2.75) is 95.7 Å². The van der Waals surface area contributed by atoms with Gasteiger partial charge in [-0.1, -0.05) is 44.2 Å². The van der Waals surface area contributed by atoms with Crippen LogP contribution in [0.4, 0.5) is 4.79 Å². The lowest BCUT2D eigenvalue weighted by atomic mass is 9.86. The summed E-state index contributed by atoms with van der Waals surface area (Å²) in [5.41, 5.74) is -0.324. The molecule has 1 heterocycles. The van der Waals surface area contributed by atoms with E-state index >= 15 is 0 Å². The highest BCUT2D eigenvalue weighted by Gasteiger charge is 2.36. The summed E-state index contributed by atoms with van der Waals surface area (Å²) < 4.78 is 51.7. The van der Waals surface area contributed by atoms with Gasteiger partial charge in [-0.3, -0.25) is 0 Å². The fraction of sp³-hybridized carbons (Fsp3) is 0.606. The van der Waals surface area contributed by atoms with E-state index in [1.165, 1.54) is 23.5 Å². The topological polar surface area (TPSA) is 124 Å².